The molecule has 0 N–H and O–H groups in total. The summed E-state index contributed by atoms with van der Waals surface area (Å²) in [5.41, 5.74) is -0.397. The Morgan fingerprint density at radius 3 is 3.08 bits per heavy atom. The van der Waals surface area contributed by atoms with E-state index in [2.05, 4.69) is 4.98 Å². The molecule has 0 radical (unpaired) electrons. The van der Waals surface area contributed by atoms with E-state index in [4.69, 9.17) is 31.2 Å². The molecule has 2 saturated carbocycles. The second kappa shape index (κ2) is 4.78. The number of thiocarbonyl (C=S) groups is 1. The molecule has 4 aliphatic rings. The summed E-state index contributed by atoms with van der Waals surface area (Å²) < 4.78 is 26.4. The van der Waals surface area contributed by atoms with E-state index >= 15 is 0 Å². The van der Waals surface area contributed by atoms with Crippen LogP contribution < -0.4 is 0 Å². The molecule has 0 aromatic carbocycles. The van der Waals surface area contributed by atoms with Gasteiger partial charge in [0.2, 0.25) is 0 Å². The summed E-state index contributed by atoms with van der Waals surface area (Å²) in [6.07, 6.45) is 9.52. The standard InChI is InChI=1S/C17H22N2O4S/c1-15(2)21-12-8-16(9-20-14(24)19-7-6-18-10-19)17(23-16)5-3-4-11(17)13(12)22-15/h6-7,10-13H,3-5,8-9H2,1-2H3/t11-,12-,13+,16-,17-/m0/s1. The normalized spacial score (nSPS) is 44.5. The number of ether oxygens (including phenoxy) is 4. The highest BCUT2D eigenvalue weighted by Gasteiger charge is 2.80. The van der Waals surface area contributed by atoms with Gasteiger partial charge in [0.25, 0.3) is 5.17 Å². The van der Waals surface area contributed by atoms with Gasteiger partial charge in [-0.3, -0.25) is 4.57 Å². The summed E-state index contributed by atoms with van der Waals surface area (Å²) in [5, 5.41) is 0.410. The predicted octanol–water partition coefficient (Wildman–Crippen LogP) is 2.26. The second-order valence-corrected chi connectivity index (χ2v) is 8.20. The van der Waals surface area contributed by atoms with Gasteiger partial charge in [-0.05, 0) is 45.3 Å². The lowest BCUT2D eigenvalue weighted by atomic mass is 9.71. The lowest BCUT2D eigenvalue weighted by molar-refractivity contribution is -0.152. The molecule has 6 nitrogen and oxygen atoms in total. The van der Waals surface area contributed by atoms with Crippen LogP contribution in [0, 0.1) is 5.92 Å². The smallest absolute Gasteiger partial charge is 0.269 e. The number of epoxide rings is 1. The van der Waals surface area contributed by atoms with Gasteiger partial charge in [-0.15, -0.1) is 0 Å². The molecule has 0 bridgehead atoms. The van der Waals surface area contributed by atoms with Gasteiger partial charge in [0.1, 0.15) is 24.1 Å². The van der Waals surface area contributed by atoms with Crippen molar-refractivity contribution in [1.29, 1.82) is 0 Å². The molecule has 5 rings (SSSR count). The molecular weight excluding hydrogens is 328 g/mol. The Labute approximate surface area is 146 Å². The Hall–Kier alpha value is -1.02. The van der Waals surface area contributed by atoms with Gasteiger partial charge in [-0.1, -0.05) is 0 Å². The number of aromatic nitrogens is 2. The van der Waals surface area contributed by atoms with Crippen molar-refractivity contribution in [1.82, 2.24) is 9.55 Å². The average Bonchev–Trinajstić information content (AvgIpc) is 2.98. The molecule has 0 amide bonds. The van der Waals surface area contributed by atoms with Crippen molar-refractivity contribution < 1.29 is 18.9 Å². The van der Waals surface area contributed by atoms with Crippen molar-refractivity contribution in [2.75, 3.05) is 6.61 Å². The third-order valence-electron chi connectivity index (χ3n) is 6.06. The fourth-order valence-corrected chi connectivity index (χ4v) is 5.35. The van der Waals surface area contributed by atoms with Crippen LogP contribution in [0.2, 0.25) is 0 Å². The van der Waals surface area contributed by atoms with E-state index in [1.54, 1.807) is 23.3 Å². The van der Waals surface area contributed by atoms with Crippen LogP contribution in [0.3, 0.4) is 0 Å². The van der Waals surface area contributed by atoms with Gasteiger partial charge in [-0.25, -0.2) is 4.98 Å². The zero-order valence-corrected chi connectivity index (χ0v) is 14.8. The first-order valence-corrected chi connectivity index (χ1v) is 9.07. The van der Waals surface area contributed by atoms with E-state index in [9.17, 15) is 0 Å². The topological polar surface area (TPSA) is 58.0 Å². The maximum Gasteiger partial charge on any atom is 0.269 e. The Morgan fingerprint density at radius 2 is 2.29 bits per heavy atom. The molecule has 130 valence electrons. The van der Waals surface area contributed by atoms with Crippen molar-refractivity contribution in [2.24, 2.45) is 5.92 Å². The largest absolute Gasteiger partial charge is 0.467 e. The first-order chi connectivity index (χ1) is 11.4. The van der Waals surface area contributed by atoms with E-state index in [-0.39, 0.29) is 23.4 Å². The first-order valence-electron chi connectivity index (χ1n) is 8.66. The van der Waals surface area contributed by atoms with Gasteiger partial charge in [0.05, 0.1) is 12.2 Å². The summed E-state index contributed by atoms with van der Waals surface area (Å²) in [6, 6.07) is 0. The quantitative estimate of drug-likeness (QED) is 0.602. The molecule has 1 aromatic rings. The van der Waals surface area contributed by atoms with Gasteiger partial charge < -0.3 is 18.9 Å². The fourth-order valence-electron chi connectivity index (χ4n) is 5.18. The highest BCUT2D eigenvalue weighted by atomic mass is 32.1. The van der Waals surface area contributed by atoms with Crippen LogP contribution in [0.1, 0.15) is 39.5 Å². The lowest BCUT2D eigenvalue weighted by Gasteiger charge is -2.34. The summed E-state index contributed by atoms with van der Waals surface area (Å²) in [5.74, 6) is -0.118. The molecule has 7 heteroatoms. The monoisotopic (exact) mass is 350 g/mol. The molecule has 1 spiro atoms. The summed E-state index contributed by atoms with van der Waals surface area (Å²) >= 11 is 5.35. The number of hydrogen-bond acceptors (Lipinski definition) is 6. The number of fused-ring (bicyclic) bond motifs is 2. The van der Waals surface area contributed by atoms with Crippen LogP contribution in [-0.2, 0) is 18.9 Å². The van der Waals surface area contributed by atoms with Crippen LogP contribution >= 0.6 is 12.2 Å². The fraction of sp³-hybridized carbons (Fsp3) is 0.765. The molecule has 2 aliphatic carbocycles. The average molecular weight is 350 g/mol. The van der Waals surface area contributed by atoms with Gasteiger partial charge >= 0.3 is 0 Å². The van der Waals surface area contributed by atoms with Crippen molar-refractivity contribution in [3.8, 4) is 0 Å². The van der Waals surface area contributed by atoms with E-state index < -0.39 is 5.79 Å². The Bertz CT molecular complexity index is 678. The molecule has 2 saturated heterocycles. The minimum Gasteiger partial charge on any atom is -0.467 e. The highest BCUT2D eigenvalue weighted by Crippen LogP contribution is 2.68. The van der Waals surface area contributed by atoms with Crippen LogP contribution in [0.5, 0.6) is 0 Å². The number of rotatable bonds is 2. The molecule has 1 aromatic heterocycles. The van der Waals surface area contributed by atoms with Gasteiger partial charge in [0, 0.05) is 24.7 Å². The van der Waals surface area contributed by atoms with Crippen LogP contribution in [0.15, 0.2) is 18.7 Å². The van der Waals surface area contributed by atoms with Gasteiger partial charge in [-0.2, -0.15) is 0 Å². The summed E-state index contributed by atoms with van der Waals surface area (Å²) in [4.78, 5) is 4.00. The number of imidazole rings is 1. The third-order valence-corrected chi connectivity index (χ3v) is 6.39. The van der Waals surface area contributed by atoms with E-state index in [0.29, 0.717) is 17.7 Å². The van der Waals surface area contributed by atoms with E-state index in [1.807, 2.05) is 13.8 Å². The predicted molar refractivity (Wildman–Crippen MR) is 88.5 cm³/mol. The molecule has 5 atom stereocenters. The Kier molecular flexibility index (Phi) is 3.04. The molecule has 4 fully saturated rings. The maximum absolute atomic E-state index is 6.38. The SMILES string of the molecule is CC1(C)O[C@H]2[C@H](C[C@@]3(COC(=S)n4ccnc4)O[C@]34CCC[C@@H]24)O1. The van der Waals surface area contributed by atoms with Crippen LogP contribution in [0.25, 0.3) is 0 Å². The van der Waals surface area contributed by atoms with Crippen molar-refractivity contribution >= 4 is 17.4 Å². The molecule has 2 aliphatic heterocycles. The number of nitrogens with zero attached hydrogens (tertiary/aromatic N) is 2. The Balaban J connectivity index is 1.36. The molecular formula is C17H22N2O4S. The zero-order chi connectivity index (χ0) is 16.6. The van der Waals surface area contributed by atoms with Crippen molar-refractivity contribution in [3.63, 3.8) is 0 Å². The number of hydrogen-bond donors (Lipinski definition) is 0. The summed E-state index contributed by atoms with van der Waals surface area (Å²) in [7, 11) is 0. The first kappa shape index (κ1) is 15.3. The molecule has 3 heterocycles. The van der Waals surface area contributed by atoms with Crippen molar-refractivity contribution in [2.45, 2.75) is 68.7 Å². The third kappa shape index (κ3) is 1.98. The molecule has 0 unspecified atom stereocenters. The zero-order valence-electron chi connectivity index (χ0n) is 13.9. The van der Waals surface area contributed by atoms with E-state index in [0.717, 1.165) is 19.3 Å². The highest BCUT2D eigenvalue weighted by molar-refractivity contribution is 7.80. The second-order valence-electron chi connectivity index (χ2n) is 7.85. The Morgan fingerprint density at radius 1 is 1.42 bits per heavy atom. The lowest BCUT2D eigenvalue weighted by Crippen LogP contribution is -2.50. The maximum atomic E-state index is 6.38. The van der Waals surface area contributed by atoms with Crippen LogP contribution in [0.4, 0.5) is 0 Å². The molecule has 24 heavy (non-hydrogen) atoms. The van der Waals surface area contributed by atoms with E-state index in [1.165, 1.54) is 6.42 Å². The van der Waals surface area contributed by atoms with Crippen molar-refractivity contribution in [3.05, 3.63) is 18.7 Å². The van der Waals surface area contributed by atoms with Crippen LogP contribution in [-0.4, -0.2) is 50.5 Å². The summed E-state index contributed by atoms with van der Waals surface area (Å²) in [6.45, 7) is 4.46. The minimum atomic E-state index is -0.510. The minimum absolute atomic E-state index is 0.0733. The van der Waals surface area contributed by atoms with Gasteiger partial charge in [0.15, 0.2) is 5.79 Å².